The zero-order valence-corrected chi connectivity index (χ0v) is 12.9. The Kier molecular flexibility index (Phi) is 3.84. The summed E-state index contributed by atoms with van der Waals surface area (Å²) < 4.78 is 0. The van der Waals surface area contributed by atoms with Gasteiger partial charge in [-0.2, -0.15) is 0 Å². The van der Waals surface area contributed by atoms with Crippen molar-refractivity contribution >= 4 is 28.3 Å². The van der Waals surface area contributed by atoms with Crippen molar-refractivity contribution in [1.82, 2.24) is 4.98 Å². The zero-order chi connectivity index (χ0) is 14.1. The molecule has 0 spiro atoms. The van der Waals surface area contributed by atoms with Crippen LogP contribution in [0.3, 0.4) is 0 Å². The SMILES string of the molecule is Cc1cc(N[C@H]2CCCC[C@H]2C)nc2cc(Cl)ccc12. The second kappa shape index (κ2) is 5.61. The van der Waals surface area contributed by atoms with Crippen molar-refractivity contribution in [3.05, 3.63) is 34.9 Å². The van der Waals surface area contributed by atoms with Crippen LogP contribution in [0.15, 0.2) is 24.3 Å². The summed E-state index contributed by atoms with van der Waals surface area (Å²) in [4.78, 5) is 4.73. The molecule has 1 N–H and O–H groups in total. The first-order valence-corrected chi connectivity index (χ1v) is 7.85. The van der Waals surface area contributed by atoms with E-state index in [1.807, 2.05) is 18.2 Å². The monoisotopic (exact) mass is 288 g/mol. The van der Waals surface area contributed by atoms with Crippen LogP contribution in [-0.2, 0) is 0 Å². The first-order valence-electron chi connectivity index (χ1n) is 7.47. The summed E-state index contributed by atoms with van der Waals surface area (Å²) in [5.74, 6) is 1.71. The fourth-order valence-electron chi connectivity index (χ4n) is 3.17. The highest BCUT2D eigenvalue weighted by atomic mass is 35.5. The number of anilines is 1. The minimum atomic E-state index is 0.548. The van der Waals surface area contributed by atoms with E-state index in [9.17, 15) is 0 Å². The van der Waals surface area contributed by atoms with Crippen LogP contribution in [0.25, 0.3) is 10.9 Å². The lowest BCUT2D eigenvalue weighted by molar-refractivity contribution is 0.349. The number of hydrogen-bond donors (Lipinski definition) is 1. The van der Waals surface area contributed by atoms with Crippen LogP contribution < -0.4 is 5.32 Å². The van der Waals surface area contributed by atoms with E-state index in [1.165, 1.54) is 36.6 Å². The number of nitrogens with one attached hydrogen (secondary N) is 1. The lowest BCUT2D eigenvalue weighted by Gasteiger charge is -2.30. The van der Waals surface area contributed by atoms with Crippen molar-refractivity contribution in [2.45, 2.75) is 45.6 Å². The fraction of sp³-hybridized carbons (Fsp3) is 0.471. The quantitative estimate of drug-likeness (QED) is 0.823. The van der Waals surface area contributed by atoms with Gasteiger partial charge in [0, 0.05) is 16.5 Å². The van der Waals surface area contributed by atoms with Gasteiger partial charge >= 0.3 is 0 Å². The first-order chi connectivity index (χ1) is 9.63. The number of hydrogen-bond acceptors (Lipinski definition) is 2. The van der Waals surface area contributed by atoms with Crippen LogP contribution in [0.2, 0.25) is 5.02 Å². The van der Waals surface area contributed by atoms with Gasteiger partial charge in [0.2, 0.25) is 0 Å². The predicted molar refractivity (Wildman–Crippen MR) is 86.5 cm³/mol. The third kappa shape index (κ3) is 2.76. The summed E-state index contributed by atoms with van der Waals surface area (Å²) in [6.07, 6.45) is 5.24. The molecule has 1 aromatic heterocycles. The Morgan fingerprint density at radius 3 is 2.80 bits per heavy atom. The smallest absolute Gasteiger partial charge is 0.127 e. The van der Waals surface area contributed by atoms with Gasteiger partial charge in [0.15, 0.2) is 0 Å². The Balaban J connectivity index is 1.91. The molecule has 0 saturated heterocycles. The van der Waals surface area contributed by atoms with Crippen molar-refractivity contribution in [3.8, 4) is 0 Å². The number of pyridine rings is 1. The predicted octanol–water partition coefficient (Wildman–Crippen LogP) is 5.19. The van der Waals surface area contributed by atoms with Gasteiger partial charge in [-0.05, 0) is 49.4 Å². The highest BCUT2D eigenvalue weighted by Gasteiger charge is 2.21. The molecule has 3 heteroatoms. The van der Waals surface area contributed by atoms with Crippen molar-refractivity contribution in [2.24, 2.45) is 5.92 Å². The molecule has 1 aliphatic rings. The largest absolute Gasteiger partial charge is 0.367 e. The minimum Gasteiger partial charge on any atom is -0.367 e. The van der Waals surface area contributed by atoms with Crippen molar-refractivity contribution in [2.75, 3.05) is 5.32 Å². The normalized spacial score (nSPS) is 22.9. The molecule has 0 bridgehead atoms. The molecular weight excluding hydrogens is 268 g/mol. The van der Waals surface area contributed by atoms with Crippen LogP contribution in [0.1, 0.15) is 38.2 Å². The van der Waals surface area contributed by atoms with Gasteiger partial charge in [0.25, 0.3) is 0 Å². The zero-order valence-electron chi connectivity index (χ0n) is 12.1. The number of halogens is 1. The molecule has 0 unspecified atom stereocenters. The maximum absolute atomic E-state index is 6.08. The minimum absolute atomic E-state index is 0.548. The Hall–Kier alpha value is -1.28. The molecule has 2 atom stereocenters. The van der Waals surface area contributed by atoms with Crippen molar-refractivity contribution in [1.29, 1.82) is 0 Å². The van der Waals surface area contributed by atoms with E-state index >= 15 is 0 Å². The average Bonchev–Trinajstić information content (AvgIpc) is 2.41. The van der Waals surface area contributed by atoms with Gasteiger partial charge in [-0.3, -0.25) is 0 Å². The molecule has 20 heavy (non-hydrogen) atoms. The van der Waals surface area contributed by atoms with Gasteiger partial charge in [0.1, 0.15) is 5.82 Å². The number of rotatable bonds is 2. The average molecular weight is 289 g/mol. The molecule has 1 fully saturated rings. The summed E-state index contributed by atoms with van der Waals surface area (Å²) in [5, 5.41) is 5.55. The Morgan fingerprint density at radius 2 is 2.00 bits per heavy atom. The van der Waals surface area contributed by atoms with Crippen LogP contribution >= 0.6 is 11.6 Å². The van der Waals surface area contributed by atoms with E-state index in [1.54, 1.807) is 0 Å². The Morgan fingerprint density at radius 1 is 1.20 bits per heavy atom. The van der Waals surface area contributed by atoms with Gasteiger partial charge < -0.3 is 5.32 Å². The molecule has 0 radical (unpaired) electrons. The lowest BCUT2D eigenvalue weighted by Crippen LogP contribution is -2.30. The molecule has 3 rings (SSSR count). The first kappa shape index (κ1) is 13.7. The molecule has 0 amide bonds. The van der Waals surface area contributed by atoms with Crippen molar-refractivity contribution in [3.63, 3.8) is 0 Å². The summed E-state index contributed by atoms with van der Waals surface area (Å²) >= 11 is 6.08. The van der Waals surface area contributed by atoms with Crippen LogP contribution in [0.4, 0.5) is 5.82 Å². The summed E-state index contributed by atoms with van der Waals surface area (Å²) in [6.45, 7) is 4.47. The molecule has 1 heterocycles. The molecule has 0 aliphatic heterocycles. The van der Waals surface area contributed by atoms with Gasteiger partial charge in [0.05, 0.1) is 5.52 Å². The lowest BCUT2D eigenvalue weighted by atomic mass is 9.86. The van der Waals surface area contributed by atoms with E-state index in [-0.39, 0.29) is 0 Å². The fourth-order valence-corrected chi connectivity index (χ4v) is 3.34. The van der Waals surface area contributed by atoms with E-state index in [2.05, 4.69) is 25.2 Å². The standard InChI is InChI=1S/C17H21ClN2/c1-11-5-3-4-6-15(11)19-17-9-12(2)14-8-7-13(18)10-16(14)20-17/h7-11,15H,3-6H2,1-2H3,(H,19,20)/t11-,15+/m1/s1. The van der Waals surface area contributed by atoms with Crippen LogP contribution in [-0.4, -0.2) is 11.0 Å². The van der Waals surface area contributed by atoms with E-state index in [0.29, 0.717) is 6.04 Å². The maximum Gasteiger partial charge on any atom is 0.127 e. The number of benzene rings is 1. The highest BCUT2D eigenvalue weighted by molar-refractivity contribution is 6.31. The second-order valence-corrected chi connectivity index (χ2v) is 6.43. The third-order valence-corrected chi connectivity index (χ3v) is 4.66. The van der Waals surface area contributed by atoms with E-state index < -0.39 is 0 Å². The third-order valence-electron chi connectivity index (χ3n) is 4.42. The molecule has 2 aromatic rings. The number of fused-ring (bicyclic) bond motifs is 1. The van der Waals surface area contributed by atoms with Crippen LogP contribution in [0.5, 0.6) is 0 Å². The Labute approximate surface area is 125 Å². The van der Waals surface area contributed by atoms with E-state index in [4.69, 9.17) is 16.6 Å². The van der Waals surface area contributed by atoms with E-state index in [0.717, 1.165) is 22.3 Å². The molecule has 1 saturated carbocycles. The van der Waals surface area contributed by atoms with Crippen LogP contribution in [0, 0.1) is 12.8 Å². The van der Waals surface area contributed by atoms with Crippen molar-refractivity contribution < 1.29 is 0 Å². The molecule has 1 aliphatic carbocycles. The maximum atomic E-state index is 6.08. The summed E-state index contributed by atoms with van der Waals surface area (Å²) in [5.41, 5.74) is 2.22. The summed E-state index contributed by atoms with van der Waals surface area (Å²) in [6, 6.07) is 8.62. The molecule has 2 nitrogen and oxygen atoms in total. The number of aryl methyl sites for hydroxylation is 1. The molecular formula is C17H21ClN2. The number of aromatic nitrogens is 1. The summed E-state index contributed by atoms with van der Waals surface area (Å²) in [7, 11) is 0. The molecule has 1 aromatic carbocycles. The van der Waals surface area contributed by atoms with Gasteiger partial charge in [-0.15, -0.1) is 0 Å². The van der Waals surface area contributed by atoms with Gasteiger partial charge in [-0.25, -0.2) is 4.98 Å². The Bertz CT molecular complexity index is 624. The van der Waals surface area contributed by atoms with Gasteiger partial charge in [-0.1, -0.05) is 37.4 Å². The topological polar surface area (TPSA) is 24.9 Å². The number of nitrogens with zero attached hydrogens (tertiary/aromatic N) is 1. The molecule has 106 valence electrons. The second-order valence-electron chi connectivity index (χ2n) is 6.00. The highest BCUT2D eigenvalue weighted by Crippen LogP contribution is 2.28.